The predicted molar refractivity (Wildman–Crippen MR) is 71.5 cm³/mol. The maximum Gasteiger partial charge on any atom is 0.124 e. The summed E-state index contributed by atoms with van der Waals surface area (Å²) < 4.78 is 5.29. The number of phenolic OH excluding ortho intramolecular Hbond substituents is 1. The van der Waals surface area contributed by atoms with Crippen molar-refractivity contribution in [2.75, 3.05) is 32.8 Å². The molecule has 0 saturated carbocycles. The Morgan fingerprint density at radius 1 is 1.39 bits per heavy atom. The van der Waals surface area contributed by atoms with Crippen LogP contribution in [0.4, 0.5) is 0 Å². The van der Waals surface area contributed by atoms with Crippen LogP contribution in [0.15, 0.2) is 18.2 Å². The Labute approximate surface area is 108 Å². The lowest BCUT2D eigenvalue weighted by molar-refractivity contribution is 0.0392. The molecule has 0 amide bonds. The van der Waals surface area contributed by atoms with Gasteiger partial charge in [-0.05, 0) is 19.1 Å². The lowest BCUT2D eigenvalue weighted by Gasteiger charge is -2.26. The van der Waals surface area contributed by atoms with Crippen molar-refractivity contribution in [1.29, 1.82) is 5.41 Å². The molecule has 2 rings (SSSR count). The van der Waals surface area contributed by atoms with Gasteiger partial charge in [0.05, 0.1) is 13.2 Å². The van der Waals surface area contributed by atoms with Crippen LogP contribution < -0.4 is 0 Å². The average molecular weight is 248 g/mol. The van der Waals surface area contributed by atoms with Crippen molar-refractivity contribution in [2.24, 2.45) is 0 Å². The molecule has 1 heterocycles. The molecule has 2 N–H and O–H groups in total. The highest BCUT2D eigenvalue weighted by Crippen LogP contribution is 2.20. The summed E-state index contributed by atoms with van der Waals surface area (Å²) in [5, 5.41) is 17.8. The first kappa shape index (κ1) is 13.1. The van der Waals surface area contributed by atoms with E-state index < -0.39 is 0 Å². The van der Waals surface area contributed by atoms with E-state index in [-0.39, 0.29) is 5.75 Å². The van der Waals surface area contributed by atoms with Gasteiger partial charge >= 0.3 is 0 Å². The van der Waals surface area contributed by atoms with E-state index in [4.69, 9.17) is 10.1 Å². The normalized spacial score (nSPS) is 16.7. The van der Waals surface area contributed by atoms with Crippen LogP contribution in [0.25, 0.3) is 0 Å². The number of phenols is 1. The maximum atomic E-state index is 9.77. The molecule has 0 spiro atoms. The van der Waals surface area contributed by atoms with E-state index in [1.807, 2.05) is 19.1 Å². The highest BCUT2D eigenvalue weighted by Gasteiger charge is 2.13. The molecule has 0 unspecified atom stereocenters. The van der Waals surface area contributed by atoms with E-state index in [0.29, 0.717) is 17.7 Å². The molecule has 1 aromatic carbocycles. The second-order valence-electron chi connectivity index (χ2n) is 4.70. The third-order valence-corrected chi connectivity index (χ3v) is 3.26. The van der Waals surface area contributed by atoms with E-state index in [2.05, 4.69) is 4.90 Å². The van der Waals surface area contributed by atoms with Gasteiger partial charge in [0.2, 0.25) is 0 Å². The molecule has 1 aromatic rings. The summed E-state index contributed by atoms with van der Waals surface area (Å²) >= 11 is 0. The Balaban J connectivity index is 1.92. The van der Waals surface area contributed by atoms with Crippen LogP contribution in [-0.4, -0.2) is 48.6 Å². The summed E-state index contributed by atoms with van der Waals surface area (Å²) in [5.41, 5.74) is 2.23. The molecule has 1 aliphatic heterocycles. The number of aryl methyl sites for hydroxylation is 1. The molecular formula is C14H20N2O2. The van der Waals surface area contributed by atoms with Crippen molar-refractivity contribution >= 4 is 5.71 Å². The molecule has 1 fully saturated rings. The van der Waals surface area contributed by atoms with Gasteiger partial charge < -0.3 is 15.3 Å². The predicted octanol–water partition coefficient (Wildman–Crippen LogP) is 1.79. The van der Waals surface area contributed by atoms with Gasteiger partial charge in [-0.25, -0.2) is 0 Å². The minimum atomic E-state index is 0.201. The van der Waals surface area contributed by atoms with Crippen molar-refractivity contribution < 1.29 is 9.84 Å². The Morgan fingerprint density at radius 3 is 2.83 bits per heavy atom. The SMILES string of the molecule is Cc1ccc(O)c(C(=N)CCN2CCOCC2)c1. The zero-order chi connectivity index (χ0) is 13.0. The van der Waals surface area contributed by atoms with E-state index >= 15 is 0 Å². The van der Waals surface area contributed by atoms with Crippen molar-refractivity contribution in [2.45, 2.75) is 13.3 Å². The first-order chi connectivity index (χ1) is 8.66. The summed E-state index contributed by atoms with van der Waals surface area (Å²) in [5.74, 6) is 0.201. The minimum Gasteiger partial charge on any atom is -0.507 e. The molecule has 1 saturated heterocycles. The Morgan fingerprint density at radius 2 is 2.11 bits per heavy atom. The van der Waals surface area contributed by atoms with Crippen molar-refractivity contribution in [3.63, 3.8) is 0 Å². The molecule has 1 aliphatic rings. The van der Waals surface area contributed by atoms with Crippen LogP contribution >= 0.6 is 0 Å². The second-order valence-corrected chi connectivity index (χ2v) is 4.70. The highest BCUT2D eigenvalue weighted by atomic mass is 16.5. The number of ether oxygens (including phenoxy) is 1. The highest BCUT2D eigenvalue weighted by molar-refractivity contribution is 6.00. The molecule has 98 valence electrons. The summed E-state index contributed by atoms with van der Waals surface area (Å²) in [6.45, 7) is 6.26. The van der Waals surface area contributed by atoms with Crippen molar-refractivity contribution in [3.8, 4) is 5.75 Å². The largest absolute Gasteiger partial charge is 0.507 e. The van der Waals surface area contributed by atoms with Crippen molar-refractivity contribution in [1.82, 2.24) is 4.90 Å². The Kier molecular flexibility index (Phi) is 4.33. The van der Waals surface area contributed by atoms with Crippen LogP contribution in [0.5, 0.6) is 5.75 Å². The molecule has 0 atom stereocenters. The summed E-state index contributed by atoms with van der Waals surface area (Å²) in [4.78, 5) is 2.30. The van der Waals surface area contributed by atoms with Gasteiger partial charge in [-0.15, -0.1) is 0 Å². The summed E-state index contributed by atoms with van der Waals surface area (Å²) in [7, 11) is 0. The van der Waals surface area contributed by atoms with Crippen LogP contribution in [0, 0.1) is 12.3 Å². The fourth-order valence-electron chi connectivity index (χ4n) is 2.12. The van der Waals surface area contributed by atoms with Crippen LogP contribution in [-0.2, 0) is 4.74 Å². The van der Waals surface area contributed by atoms with Gasteiger partial charge in [0.1, 0.15) is 5.75 Å². The standard InChI is InChI=1S/C14H20N2O2/c1-11-2-3-14(17)12(10-11)13(15)4-5-16-6-8-18-9-7-16/h2-3,10,15,17H,4-9H2,1H3. The summed E-state index contributed by atoms with van der Waals surface area (Å²) in [6, 6.07) is 5.39. The fourth-order valence-corrected chi connectivity index (χ4v) is 2.12. The van der Waals surface area contributed by atoms with Crippen LogP contribution in [0.2, 0.25) is 0 Å². The number of hydrogen-bond acceptors (Lipinski definition) is 4. The van der Waals surface area contributed by atoms with Crippen molar-refractivity contribution in [3.05, 3.63) is 29.3 Å². The van der Waals surface area contributed by atoms with Gasteiger partial charge in [-0.2, -0.15) is 0 Å². The van der Waals surface area contributed by atoms with Gasteiger partial charge in [-0.3, -0.25) is 4.90 Å². The number of hydrogen-bond donors (Lipinski definition) is 2. The number of morpholine rings is 1. The van der Waals surface area contributed by atoms with E-state index in [1.165, 1.54) is 0 Å². The molecule has 4 heteroatoms. The first-order valence-electron chi connectivity index (χ1n) is 6.34. The van der Waals surface area contributed by atoms with E-state index in [9.17, 15) is 5.11 Å². The monoisotopic (exact) mass is 248 g/mol. The first-order valence-corrected chi connectivity index (χ1v) is 6.34. The van der Waals surface area contributed by atoms with Crippen LogP contribution in [0.1, 0.15) is 17.5 Å². The number of benzene rings is 1. The lowest BCUT2D eigenvalue weighted by atomic mass is 10.0. The zero-order valence-electron chi connectivity index (χ0n) is 10.8. The molecule has 4 nitrogen and oxygen atoms in total. The Hall–Kier alpha value is -1.39. The van der Waals surface area contributed by atoms with E-state index in [0.717, 1.165) is 38.4 Å². The van der Waals surface area contributed by atoms with Gasteiger partial charge in [0.25, 0.3) is 0 Å². The third-order valence-electron chi connectivity index (χ3n) is 3.26. The number of aromatic hydroxyl groups is 1. The smallest absolute Gasteiger partial charge is 0.124 e. The zero-order valence-corrected chi connectivity index (χ0v) is 10.8. The summed E-state index contributed by atoms with van der Waals surface area (Å²) in [6.07, 6.45) is 0.664. The van der Waals surface area contributed by atoms with E-state index in [1.54, 1.807) is 6.07 Å². The second kappa shape index (κ2) is 5.98. The van der Waals surface area contributed by atoms with Gasteiger partial charge in [0.15, 0.2) is 0 Å². The lowest BCUT2D eigenvalue weighted by Crippen LogP contribution is -2.37. The molecule has 0 aliphatic carbocycles. The third kappa shape index (κ3) is 3.31. The average Bonchev–Trinajstić information content (AvgIpc) is 2.40. The Bertz CT molecular complexity index is 426. The molecule has 0 bridgehead atoms. The number of nitrogens with zero attached hydrogens (tertiary/aromatic N) is 1. The minimum absolute atomic E-state index is 0.201. The van der Waals surface area contributed by atoms with Gasteiger partial charge in [0, 0.05) is 37.3 Å². The molecule has 18 heavy (non-hydrogen) atoms. The molecule has 0 radical (unpaired) electrons. The van der Waals surface area contributed by atoms with Gasteiger partial charge in [-0.1, -0.05) is 11.6 Å². The number of rotatable bonds is 4. The number of nitrogens with one attached hydrogen (secondary N) is 1. The quantitative estimate of drug-likeness (QED) is 0.799. The van der Waals surface area contributed by atoms with Crippen LogP contribution in [0.3, 0.4) is 0 Å². The topological polar surface area (TPSA) is 56.5 Å². The molecular weight excluding hydrogens is 228 g/mol. The molecule has 0 aromatic heterocycles. The fraction of sp³-hybridized carbons (Fsp3) is 0.500. The maximum absolute atomic E-state index is 9.77.